The highest BCUT2D eigenvalue weighted by atomic mass is 16.5. The Morgan fingerprint density at radius 3 is 2.22 bits per heavy atom. The molecule has 0 fully saturated rings. The Morgan fingerprint density at radius 2 is 1.56 bits per heavy atom. The first kappa shape index (κ1) is 16.8. The molecular formula is C21H17N3O3. The summed E-state index contributed by atoms with van der Waals surface area (Å²) in [6.07, 6.45) is 0. The summed E-state index contributed by atoms with van der Waals surface area (Å²) in [6, 6.07) is 20.2. The molecule has 0 atom stereocenters. The van der Waals surface area contributed by atoms with Crippen molar-refractivity contribution in [1.82, 2.24) is 14.5 Å². The van der Waals surface area contributed by atoms with E-state index in [-0.39, 0.29) is 5.56 Å². The fourth-order valence-corrected chi connectivity index (χ4v) is 2.91. The van der Waals surface area contributed by atoms with Crippen molar-refractivity contribution in [1.29, 1.82) is 0 Å². The van der Waals surface area contributed by atoms with Crippen molar-refractivity contribution in [3.05, 3.63) is 77.1 Å². The molecule has 134 valence electrons. The van der Waals surface area contributed by atoms with Gasteiger partial charge in [0.1, 0.15) is 17.0 Å². The lowest BCUT2D eigenvalue weighted by Crippen LogP contribution is -2.23. The van der Waals surface area contributed by atoms with Gasteiger partial charge in [0.05, 0.1) is 19.9 Å². The van der Waals surface area contributed by atoms with Gasteiger partial charge in [0.25, 0.3) is 5.56 Å². The average molecular weight is 359 g/mol. The quantitative estimate of drug-likeness (QED) is 0.558. The van der Waals surface area contributed by atoms with E-state index < -0.39 is 0 Å². The van der Waals surface area contributed by atoms with Gasteiger partial charge >= 0.3 is 0 Å². The van der Waals surface area contributed by atoms with E-state index in [4.69, 9.17) is 9.47 Å². The lowest BCUT2D eigenvalue weighted by molar-refractivity contribution is 0.399. The van der Waals surface area contributed by atoms with Gasteiger partial charge in [0.2, 0.25) is 5.88 Å². The van der Waals surface area contributed by atoms with Crippen LogP contribution in [0.3, 0.4) is 0 Å². The molecule has 4 rings (SSSR count). The molecular weight excluding hydrogens is 342 g/mol. The van der Waals surface area contributed by atoms with Gasteiger partial charge in [-0.1, -0.05) is 18.2 Å². The summed E-state index contributed by atoms with van der Waals surface area (Å²) in [7, 11) is 3.14. The van der Waals surface area contributed by atoms with Crippen LogP contribution in [0, 0.1) is 0 Å². The van der Waals surface area contributed by atoms with Crippen LogP contribution in [0.25, 0.3) is 28.1 Å². The number of nitrogens with zero attached hydrogens (tertiary/aromatic N) is 3. The molecule has 0 amide bonds. The lowest BCUT2D eigenvalue weighted by atomic mass is 10.1. The minimum Gasteiger partial charge on any atom is -0.497 e. The molecule has 6 nitrogen and oxygen atoms in total. The van der Waals surface area contributed by atoms with E-state index in [0.717, 1.165) is 0 Å². The summed E-state index contributed by atoms with van der Waals surface area (Å²) in [5.41, 5.74) is 2.57. The normalized spacial score (nSPS) is 10.7. The molecule has 0 unspecified atom stereocenters. The molecule has 0 N–H and O–H groups in total. The number of aromatic nitrogens is 3. The number of rotatable bonds is 4. The van der Waals surface area contributed by atoms with E-state index in [1.54, 1.807) is 35.9 Å². The highest BCUT2D eigenvalue weighted by Crippen LogP contribution is 2.23. The zero-order chi connectivity index (χ0) is 18.8. The molecule has 0 radical (unpaired) electrons. The molecule has 0 aliphatic rings. The van der Waals surface area contributed by atoms with Crippen molar-refractivity contribution in [3.63, 3.8) is 0 Å². The lowest BCUT2D eigenvalue weighted by Gasteiger charge is -2.12. The Hall–Kier alpha value is -3.67. The Morgan fingerprint density at radius 1 is 0.815 bits per heavy atom. The van der Waals surface area contributed by atoms with Crippen LogP contribution >= 0.6 is 0 Å². The Balaban J connectivity index is 2.04. The third-order valence-corrected chi connectivity index (χ3v) is 4.27. The molecule has 6 heteroatoms. The number of methoxy groups -OCH3 is 2. The second-order valence-corrected chi connectivity index (χ2v) is 5.86. The van der Waals surface area contributed by atoms with Gasteiger partial charge in [-0.15, -0.1) is 0 Å². The fourth-order valence-electron chi connectivity index (χ4n) is 2.91. The number of fused-ring (bicyclic) bond motifs is 1. The minimum absolute atomic E-state index is 0.250. The second-order valence-electron chi connectivity index (χ2n) is 5.86. The van der Waals surface area contributed by atoms with E-state index in [1.165, 1.54) is 7.11 Å². The van der Waals surface area contributed by atoms with E-state index in [9.17, 15) is 4.79 Å². The predicted octanol–water partition coefficient (Wildman–Crippen LogP) is 3.46. The molecule has 4 aromatic rings. The number of ether oxygens (including phenoxy) is 2. The number of benzene rings is 2. The zero-order valence-electron chi connectivity index (χ0n) is 14.9. The van der Waals surface area contributed by atoms with E-state index in [0.29, 0.717) is 39.7 Å². The van der Waals surface area contributed by atoms with Gasteiger partial charge in [-0.05, 0) is 42.5 Å². The van der Waals surface area contributed by atoms with Crippen molar-refractivity contribution < 1.29 is 9.47 Å². The summed E-state index contributed by atoms with van der Waals surface area (Å²) in [4.78, 5) is 22.3. The molecule has 27 heavy (non-hydrogen) atoms. The van der Waals surface area contributed by atoms with Gasteiger partial charge in [0.15, 0.2) is 5.65 Å². The van der Waals surface area contributed by atoms with Crippen LogP contribution in [0.4, 0.5) is 0 Å². The van der Waals surface area contributed by atoms with E-state index in [2.05, 4.69) is 9.97 Å². The molecule has 0 aliphatic carbocycles. The third-order valence-electron chi connectivity index (χ3n) is 4.27. The highest BCUT2D eigenvalue weighted by molar-refractivity contribution is 5.77. The summed E-state index contributed by atoms with van der Waals surface area (Å²) in [6.45, 7) is 0. The summed E-state index contributed by atoms with van der Waals surface area (Å²) in [5, 5.41) is 0. The monoisotopic (exact) mass is 359 g/mol. The van der Waals surface area contributed by atoms with Gasteiger partial charge in [-0.2, -0.15) is 4.98 Å². The van der Waals surface area contributed by atoms with Gasteiger partial charge in [0, 0.05) is 11.6 Å². The van der Waals surface area contributed by atoms with Crippen molar-refractivity contribution in [3.8, 4) is 28.6 Å². The van der Waals surface area contributed by atoms with Crippen LogP contribution in [0.15, 0.2) is 71.5 Å². The molecule has 2 aromatic heterocycles. The van der Waals surface area contributed by atoms with Crippen LogP contribution in [-0.2, 0) is 0 Å². The minimum atomic E-state index is -0.250. The van der Waals surface area contributed by atoms with Crippen LogP contribution in [0.5, 0.6) is 11.6 Å². The number of hydrogen-bond acceptors (Lipinski definition) is 5. The summed E-state index contributed by atoms with van der Waals surface area (Å²) < 4.78 is 12.0. The average Bonchev–Trinajstić information content (AvgIpc) is 2.73. The first-order valence-electron chi connectivity index (χ1n) is 8.39. The molecule has 0 saturated carbocycles. The van der Waals surface area contributed by atoms with Crippen LogP contribution in [0.2, 0.25) is 0 Å². The van der Waals surface area contributed by atoms with Crippen molar-refractivity contribution in [2.75, 3.05) is 14.2 Å². The molecule has 0 saturated heterocycles. The van der Waals surface area contributed by atoms with Crippen molar-refractivity contribution in [2.45, 2.75) is 0 Å². The SMILES string of the molecule is COc1ccc(-c2nc3ccc(OC)nc3n(-c3ccccc3)c2=O)cc1. The Labute approximate surface area is 155 Å². The Bertz CT molecular complexity index is 1150. The van der Waals surface area contributed by atoms with Crippen molar-refractivity contribution in [2.24, 2.45) is 0 Å². The summed E-state index contributed by atoms with van der Waals surface area (Å²) in [5.74, 6) is 1.14. The number of pyridine rings is 1. The van der Waals surface area contributed by atoms with Gasteiger partial charge < -0.3 is 9.47 Å². The molecule has 0 spiro atoms. The highest BCUT2D eigenvalue weighted by Gasteiger charge is 2.16. The van der Waals surface area contributed by atoms with Crippen LogP contribution in [-0.4, -0.2) is 28.8 Å². The van der Waals surface area contributed by atoms with Crippen LogP contribution in [0.1, 0.15) is 0 Å². The maximum Gasteiger partial charge on any atom is 0.283 e. The topological polar surface area (TPSA) is 66.2 Å². The van der Waals surface area contributed by atoms with E-state index in [1.807, 2.05) is 42.5 Å². The largest absolute Gasteiger partial charge is 0.497 e. The van der Waals surface area contributed by atoms with E-state index >= 15 is 0 Å². The number of para-hydroxylation sites is 1. The molecule has 2 aromatic carbocycles. The maximum absolute atomic E-state index is 13.3. The summed E-state index contributed by atoms with van der Waals surface area (Å²) >= 11 is 0. The predicted molar refractivity (Wildman–Crippen MR) is 104 cm³/mol. The second kappa shape index (κ2) is 6.92. The zero-order valence-corrected chi connectivity index (χ0v) is 14.9. The van der Waals surface area contributed by atoms with Gasteiger partial charge in [-0.3, -0.25) is 9.36 Å². The third kappa shape index (κ3) is 3.01. The Kier molecular flexibility index (Phi) is 4.30. The van der Waals surface area contributed by atoms with Crippen LogP contribution < -0.4 is 15.0 Å². The smallest absolute Gasteiger partial charge is 0.283 e. The maximum atomic E-state index is 13.3. The number of hydrogen-bond donors (Lipinski definition) is 0. The molecule has 2 heterocycles. The molecule has 0 aliphatic heterocycles. The molecule has 0 bridgehead atoms. The fraction of sp³-hybridized carbons (Fsp3) is 0.0952. The first-order valence-corrected chi connectivity index (χ1v) is 8.39. The standard InChI is InChI=1S/C21H17N3O3/c1-26-16-10-8-14(9-11-16)19-21(25)24(15-6-4-3-5-7-15)20-17(22-19)12-13-18(23-20)27-2/h3-13H,1-2H3. The van der Waals surface area contributed by atoms with Gasteiger partial charge in [-0.25, -0.2) is 4.98 Å². The van der Waals surface area contributed by atoms with Crippen molar-refractivity contribution >= 4 is 11.2 Å². The first-order chi connectivity index (χ1) is 13.2.